The highest BCUT2D eigenvalue weighted by Crippen LogP contribution is 2.30. The van der Waals surface area contributed by atoms with Gasteiger partial charge in [-0.05, 0) is 24.3 Å². The van der Waals surface area contributed by atoms with Crippen molar-refractivity contribution in [2.75, 3.05) is 0 Å². The Bertz CT molecular complexity index is 721. The van der Waals surface area contributed by atoms with Crippen molar-refractivity contribution in [3.05, 3.63) is 53.2 Å². The Morgan fingerprint density at radius 3 is 2.62 bits per heavy atom. The van der Waals surface area contributed by atoms with Crippen LogP contribution in [0, 0.1) is 11.3 Å². The van der Waals surface area contributed by atoms with Crippen LogP contribution in [0.4, 0.5) is 13.2 Å². The summed E-state index contributed by atoms with van der Waals surface area (Å²) in [6.07, 6.45) is -4.04. The summed E-state index contributed by atoms with van der Waals surface area (Å²) < 4.78 is 42.8. The number of aldehydes is 1. The van der Waals surface area contributed by atoms with Crippen LogP contribution in [-0.4, -0.2) is 11.3 Å². The standard InChI is InChI=1S/C14H7F3N2O2/c15-14(16,17)12-2-1-3-13(19-12)21-11-5-4-9(8-20)6-10(11)7-18/h1-6,8H. The molecule has 0 atom stereocenters. The van der Waals surface area contributed by atoms with Crippen molar-refractivity contribution in [2.24, 2.45) is 0 Å². The van der Waals surface area contributed by atoms with Crippen LogP contribution in [0.2, 0.25) is 0 Å². The lowest BCUT2D eigenvalue weighted by molar-refractivity contribution is -0.141. The molecule has 0 spiro atoms. The number of pyridine rings is 1. The number of hydrogen-bond acceptors (Lipinski definition) is 4. The van der Waals surface area contributed by atoms with E-state index in [1.807, 2.05) is 0 Å². The lowest BCUT2D eigenvalue weighted by atomic mass is 10.1. The fourth-order valence-corrected chi connectivity index (χ4v) is 1.54. The third-order valence-electron chi connectivity index (χ3n) is 2.49. The van der Waals surface area contributed by atoms with Gasteiger partial charge in [-0.1, -0.05) is 6.07 Å². The van der Waals surface area contributed by atoms with E-state index in [-0.39, 0.29) is 22.8 Å². The second kappa shape index (κ2) is 5.63. The summed E-state index contributed by atoms with van der Waals surface area (Å²) in [5, 5.41) is 8.95. The summed E-state index contributed by atoms with van der Waals surface area (Å²) in [5.74, 6) is -0.268. The number of halogens is 3. The molecular formula is C14H7F3N2O2. The van der Waals surface area contributed by atoms with Gasteiger partial charge in [-0.25, -0.2) is 4.98 Å². The molecule has 1 aromatic carbocycles. The molecule has 0 aliphatic rings. The van der Waals surface area contributed by atoms with E-state index in [1.165, 1.54) is 24.3 Å². The first-order valence-electron chi connectivity index (χ1n) is 5.65. The maximum atomic E-state index is 12.5. The Hall–Kier alpha value is -2.88. The molecule has 0 aliphatic carbocycles. The van der Waals surface area contributed by atoms with Crippen molar-refractivity contribution >= 4 is 6.29 Å². The van der Waals surface area contributed by atoms with Crippen LogP contribution in [0.25, 0.3) is 0 Å². The van der Waals surface area contributed by atoms with Gasteiger partial charge in [-0.2, -0.15) is 18.4 Å². The molecule has 0 N–H and O–H groups in total. The van der Waals surface area contributed by atoms with E-state index in [9.17, 15) is 18.0 Å². The van der Waals surface area contributed by atoms with Crippen LogP contribution in [0.3, 0.4) is 0 Å². The molecule has 0 amide bonds. The van der Waals surface area contributed by atoms with Crippen molar-refractivity contribution in [1.82, 2.24) is 4.98 Å². The second-order valence-corrected chi connectivity index (χ2v) is 3.95. The molecule has 0 aliphatic heterocycles. The van der Waals surface area contributed by atoms with E-state index in [0.717, 1.165) is 12.1 Å². The summed E-state index contributed by atoms with van der Waals surface area (Å²) in [6.45, 7) is 0. The topological polar surface area (TPSA) is 63.0 Å². The van der Waals surface area contributed by atoms with E-state index < -0.39 is 11.9 Å². The van der Waals surface area contributed by atoms with E-state index in [4.69, 9.17) is 10.00 Å². The van der Waals surface area contributed by atoms with Gasteiger partial charge in [0.05, 0.1) is 5.56 Å². The molecule has 1 heterocycles. The summed E-state index contributed by atoms with van der Waals surface area (Å²) in [6, 6.07) is 8.99. The lowest BCUT2D eigenvalue weighted by Gasteiger charge is -2.09. The molecule has 106 valence electrons. The summed E-state index contributed by atoms with van der Waals surface area (Å²) in [5.41, 5.74) is -0.808. The number of ether oxygens (including phenoxy) is 1. The zero-order valence-corrected chi connectivity index (χ0v) is 10.4. The third kappa shape index (κ3) is 3.36. The smallest absolute Gasteiger partial charge is 0.433 e. The molecule has 0 radical (unpaired) electrons. The number of alkyl halides is 3. The minimum atomic E-state index is -4.58. The maximum Gasteiger partial charge on any atom is 0.433 e. The largest absolute Gasteiger partial charge is 0.438 e. The minimum Gasteiger partial charge on any atom is -0.438 e. The van der Waals surface area contributed by atoms with Gasteiger partial charge in [0.15, 0.2) is 0 Å². The number of hydrogen-bond donors (Lipinski definition) is 0. The van der Waals surface area contributed by atoms with E-state index in [0.29, 0.717) is 6.29 Å². The van der Waals surface area contributed by atoms with Crippen LogP contribution >= 0.6 is 0 Å². The third-order valence-corrected chi connectivity index (χ3v) is 2.49. The zero-order valence-electron chi connectivity index (χ0n) is 10.4. The van der Waals surface area contributed by atoms with Gasteiger partial charge in [0, 0.05) is 11.6 Å². The normalized spacial score (nSPS) is 10.8. The number of aromatic nitrogens is 1. The molecule has 0 saturated carbocycles. The van der Waals surface area contributed by atoms with Gasteiger partial charge in [0.1, 0.15) is 23.8 Å². The van der Waals surface area contributed by atoms with Gasteiger partial charge in [-0.15, -0.1) is 0 Å². The molecule has 21 heavy (non-hydrogen) atoms. The van der Waals surface area contributed by atoms with Gasteiger partial charge >= 0.3 is 6.18 Å². The summed E-state index contributed by atoms with van der Waals surface area (Å²) in [4.78, 5) is 13.9. The van der Waals surface area contributed by atoms with Gasteiger partial charge < -0.3 is 4.74 Å². The molecule has 0 fully saturated rings. The maximum absolute atomic E-state index is 12.5. The number of benzene rings is 1. The SMILES string of the molecule is N#Cc1cc(C=O)ccc1Oc1cccc(C(F)(F)F)n1. The zero-order chi connectivity index (χ0) is 15.5. The average molecular weight is 292 g/mol. The lowest BCUT2D eigenvalue weighted by Crippen LogP contribution is -2.08. The fraction of sp³-hybridized carbons (Fsp3) is 0.0714. The molecule has 7 heteroatoms. The highest BCUT2D eigenvalue weighted by Gasteiger charge is 2.32. The van der Waals surface area contributed by atoms with Gasteiger partial charge in [0.2, 0.25) is 5.88 Å². The molecule has 2 aromatic rings. The van der Waals surface area contributed by atoms with Crippen LogP contribution in [0.1, 0.15) is 21.6 Å². The van der Waals surface area contributed by atoms with Crippen molar-refractivity contribution in [1.29, 1.82) is 5.26 Å². The summed E-state index contributed by atoms with van der Waals surface area (Å²) in [7, 11) is 0. The fourth-order valence-electron chi connectivity index (χ4n) is 1.54. The Balaban J connectivity index is 2.35. The number of nitriles is 1. The molecule has 1 aromatic heterocycles. The summed E-state index contributed by atoms with van der Waals surface area (Å²) >= 11 is 0. The predicted molar refractivity (Wildman–Crippen MR) is 65.9 cm³/mol. The number of rotatable bonds is 3. The molecule has 0 bridgehead atoms. The Morgan fingerprint density at radius 1 is 1.24 bits per heavy atom. The quantitative estimate of drug-likeness (QED) is 0.811. The molecular weight excluding hydrogens is 285 g/mol. The predicted octanol–water partition coefficient (Wildman–Crippen LogP) is 3.58. The van der Waals surface area contributed by atoms with Crippen molar-refractivity contribution in [3.8, 4) is 17.7 Å². The van der Waals surface area contributed by atoms with Crippen LogP contribution in [0.15, 0.2) is 36.4 Å². The van der Waals surface area contributed by atoms with Gasteiger partial charge in [-0.3, -0.25) is 4.79 Å². The van der Waals surface area contributed by atoms with Crippen molar-refractivity contribution in [2.45, 2.75) is 6.18 Å². The van der Waals surface area contributed by atoms with Crippen LogP contribution in [0.5, 0.6) is 11.6 Å². The molecule has 0 saturated heterocycles. The minimum absolute atomic E-state index is 0.0231. The highest BCUT2D eigenvalue weighted by atomic mass is 19.4. The second-order valence-electron chi connectivity index (χ2n) is 3.95. The van der Waals surface area contributed by atoms with Gasteiger partial charge in [0.25, 0.3) is 0 Å². The molecule has 4 nitrogen and oxygen atoms in total. The monoisotopic (exact) mass is 292 g/mol. The average Bonchev–Trinajstić information content (AvgIpc) is 2.47. The van der Waals surface area contributed by atoms with Crippen molar-refractivity contribution in [3.63, 3.8) is 0 Å². The Labute approximate surface area is 117 Å². The highest BCUT2D eigenvalue weighted by molar-refractivity contribution is 5.76. The van der Waals surface area contributed by atoms with Crippen molar-refractivity contribution < 1.29 is 22.7 Å². The Kier molecular flexibility index (Phi) is 3.89. The first-order chi connectivity index (χ1) is 9.94. The van der Waals surface area contributed by atoms with Crippen LogP contribution in [-0.2, 0) is 6.18 Å². The van der Waals surface area contributed by atoms with E-state index >= 15 is 0 Å². The number of carbonyl (C=O) groups excluding carboxylic acids is 1. The first-order valence-corrected chi connectivity index (χ1v) is 5.65. The number of nitrogens with zero attached hydrogens (tertiary/aromatic N) is 2. The van der Waals surface area contributed by atoms with E-state index in [2.05, 4.69) is 4.98 Å². The number of carbonyl (C=O) groups is 1. The van der Waals surface area contributed by atoms with E-state index in [1.54, 1.807) is 6.07 Å². The molecule has 2 rings (SSSR count). The molecule has 0 unspecified atom stereocenters. The Morgan fingerprint density at radius 2 is 2.00 bits per heavy atom. The first kappa shape index (κ1) is 14.5. The van der Waals surface area contributed by atoms with Crippen LogP contribution < -0.4 is 4.74 Å².